The Balaban J connectivity index is 2.73. The van der Waals surface area contributed by atoms with Gasteiger partial charge in [-0.05, 0) is 6.42 Å². The Hall–Kier alpha value is -0.170. The molecule has 0 aliphatic carbocycles. The van der Waals surface area contributed by atoms with Gasteiger partial charge >= 0.3 is 0 Å². The first-order chi connectivity index (χ1) is 5.59. The number of hydrogen-bond acceptors (Lipinski definition) is 3. The van der Waals surface area contributed by atoms with E-state index >= 15 is 0 Å². The largest absolute Gasteiger partial charge is 0.329 e. The number of nitrogens with zero attached hydrogens (tertiary/aromatic N) is 2. The molecule has 0 aromatic rings. The van der Waals surface area contributed by atoms with Crippen LogP contribution in [-0.2, 0) is 10.2 Å². The third kappa shape index (κ3) is 1.77. The highest BCUT2D eigenvalue weighted by molar-refractivity contribution is 7.86. The summed E-state index contributed by atoms with van der Waals surface area (Å²) in [5, 5.41) is 0. The van der Waals surface area contributed by atoms with Crippen LogP contribution in [0.2, 0.25) is 0 Å². The summed E-state index contributed by atoms with van der Waals surface area (Å²) in [5.74, 6) is 0. The van der Waals surface area contributed by atoms with E-state index in [1.54, 1.807) is 7.05 Å². The maximum absolute atomic E-state index is 11.5. The van der Waals surface area contributed by atoms with Crippen LogP contribution in [0.5, 0.6) is 0 Å². The van der Waals surface area contributed by atoms with E-state index in [-0.39, 0.29) is 0 Å². The zero-order valence-electron chi connectivity index (χ0n) is 7.23. The van der Waals surface area contributed by atoms with Gasteiger partial charge in [0.25, 0.3) is 10.2 Å². The van der Waals surface area contributed by atoms with Gasteiger partial charge in [-0.25, -0.2) is 0 Å². The fourth-order valence-electron chi connectivity index (χ4n) is 1.27. The highest BCUT2D eigenvalue weighted by Crippen LogP contribution is 2.12. The minimum Gasteiger partial charge on any atom is -0.329 e. The van der Waals surface area contributed by atoms with Crippen LogP contribution in [0, 0.1) is 0 Å². The second-order valence-electron chi connectivity index (χ2n) is 2.87. The lowest BCUT2D eigenvalue weighted by atomic mass is 10.4. The van der Waals surface area contributed by atoms with Crippen molar-refractivity contribution in [3.8, 4) is 0 Å². The summed E-state index contributed by atoms with van der Waals surface area (Å²) in [4.78, 5) is 0. The SMILES string of the molecule is CN1CCCN(CCN)S1(=O)=O. The Morgan fingerprint density at radius 3 is 2.67 bits per heavy atom. The lowest BCUT2D eigenvalue weighted by Gasteiger charge is -2.31. The second kappa shape index (κ2) is 3.69. The molecule has 2 N–H and O–H groups in total. The Labute approximate surface area is 73.3 Å². The van der Waals surface area contributed by atoms with E-state index in [4.69, 9.17) is 5.73 Å². The molecule has 0 spiro atoms. The van der Waals surface area contributed by atoms with E-state index in [2.05, 4.69) is 0 Å². The van der Waals surface area contributed by atoms with Gasteiger partial charge in [-0.2, -0.15) is 17.0 Å². The summed E-state index contributed by atoms with van der Waals surface area (Å²) < 4.78 is 25.8. The summed E-state index contributed by atoms with van der Waals surface area (Å²) in [6.45, 7) is 2.02. The number of hydrogen-bond donors (Lipinski definition) is 1. The van der Waals surface area contributed by atoms with Crippen molar-refractivity contribution >= 4 is 10.2 Å². The summed E-state index contributed by atoms with van der Waals surface area (Å²) >= 11 is 0. The van der Waals surface area contributed by atoms with Crippen LogP contribution in [0.1, 0.15) is 6.42 Å². The van der Waals surface area contributed by atoms with E-state index in [1.807, 2.05) is 0 Å². The molecule has 0 radical (unpaired) electrons. The molecule has 6 heteroatoms. The van der Waals surface area contributed by atoms with E-state index in [1.165, 1.54) is 8.61 Å². The van der Waals surface area contributed by atoms with Crippen molar-refractivity contribution < 1.29 is 8.42 Å². The molecule has 5 nitrogen and oxygen atoms in total. The molecule has 0 amide bonds. The Kier molecular flexibility index (Phi) is 3.05. The molecule has 1 aliphatic rings. The summed E-state index contributed by atoms with van der Waals surface area (Å²) in [6, 6.07) is 0. The van der Waals surface area contributed by atoms with Gasteiger partial charge in [0.05, 0.1) is 0 Å². The quantitative estimate of drug-likeness (QED) is 0.601. The molecule has 0 bridgehead atoms. The molecule has 1 aliphatic heterocycles. The van der Waals surface area contributed by atoms with Crippen molar-refractivity contribution in [1.82, 2.24) is 8.61 Å². The first kappa shape index (κ1) is 9.91. The summed E-state index contributed by atoms with van der Waals surface area (Å²) in [5.41, 5.74) is 5.30. The van der Waals surface area contributed by atoms with E-state index in [0.29, 0.717) is 26.2 Å². The highest BCUT2D eigenvalue weighted by atomic mass is 32.2. The molecule has 1 saturated heterocycles. The lowest BCUT2D eigenvalue weighted by molar-refractivity contribution is 0.311. The first-order valence-corrected chi connectivity index (χ1v) is 5.40. The van der Waals surface area contributed by atoms with Gasteiger partial charge in [0, 0.05) is 33.2 Å². The van der Waals surface area contributed by atoms with Gasteiger partial charge in [-0.3, -0.25) is 0 Å². The standard InChI is InChI=1S/C6H15N3O2S/c1-8-4-2-5-9(6-3-7)12(8,10)11/h2-7H2,1H3. The maximum Gasteiger partial charge on any atom is 0.281 e. The molecule has 1 fully saturated rings. The molecule has 1 rings (SSSR count). The van der Waals surface area contributed by atoms with Gasteiger partial charge in [0.15, 0.2) is 0 Å². The van der Waals surface area contributed by atoms with Crippen molar-refractivity contribution in [1.29, 1.82) is 0 Å². The molecule has 72 valence electrons. The Morgan fingerprint density at radius 2 is 2.08 bits per heavy atom. The van der Waals surface area contributed by atoms with Crippen molar-refractivity contribution in [3.63, 3.8) is 0 Å². The molecule has 0 unspecified atom stereocenters. The van der Waals surface area contributed by atoms with E-state index < -0.39 is 10.2 Å². The van der Waals surface area contributed by atoms with Gasteiger partial charge in [0.2, 0.25) is 0 Å². The molecule has 0 atom stereocenters. The van der Waals surface area contributed by atoms with Gasteiger partial charge in [0.1, 0.15) is 0 Å². The molecular weight excluding hydrogens is 178 g/mol. The normalized spacial score (nSPS) is 25.8. The maximum atomic E-state index is 11.5. The average molecular weight is 193 g/mol. The average Bonchev–Trinajstić information content (AvgIpc) is 2.00. The van der Waals surface area contributed by atoms with E-state index in [9.17, 15) is 8.42 Å². The summed E-state index contributed by atoms with van der Waals surface area (Å²) in [7, 11) is -1.58. The van der Waals surface area contributed by atoms with Crippen LogP contribution in [-0.4, -0.2) is 50.3 Å². The van der Waals surface area contributed by atoms with Crippen molar-refractivity contribution in [3.05, 3.63) is 0 Å². The zero-order chi connectivity index (χ0) is 9.19. The van der Waals surface area contributed by atoms with Gasteiger partial charge in [-0.1, -0.05) is 0 Å². The third-order valence-corrected chi connectivity index (χ3v) is 3.97. The van der Waals surface area contributed by atoms with Crippen LogP contribution in [0.3, 0.4) is 0 Å². The Bertz CT molecular complexity index is 237. The molecule has 12 heavy (non-hydrogen) atoms. The predicted octanol–water partition coefficient (Wildman–Crippen LogP) is -1.17. The smallest absolute Gasteiger partial charge is 0.281 e. The zero-order valence-corrected chi connectivity index (χ0v) is 8.05. The van der Waals surface area contributed by atoms with Crippen LogP contribution in [0.4, 0.5) is 0 Å². The van der Waals surface area contributed by atoms with Crippen LogP contribution >= 0.6 is 0 Å². The minimum absolute atomic E-state index is 0.382. The van der Waals surface area contributed by atoms with Gasteiger partial charge < -0.3 is 5.73 Å². The van der Waals surface area contributed by atoms with Crippen molar-refractivity contribution in [2.75, 3.05) is 33.2 Å². The lowest BCUT2D eigenvalue weighted by Crippen LogP contribution is -2.49. The van der Waals surface area contributed by atoms with Crippen molar-refractivity contribution in [2.45, 2.75) is 6.42 Å². The number of nitrogens with two attached hydrogens (primary N) is 1. The fourth-order valence-corrected chi connectivity index (χ4v) is 2.72. The van der Waals surface area contributed by atoms with Crippen LogP contribution in [0.25, 0.3) is 0 Å². The van der Waals surface area contributed by atoms with Crippen molar-refractivity contribution in [2.24, 2.45) is 5.73 Å². The van der Waals surface area contributed by atoms with Crippen LogP contribution in [0.15, 0.2) is 0 Å². The first-order valence-electron chi connectivity index (χ1n) is 4.00. The second-order valence-corrected chi connectivity index (χ2v) is 4.91. The Morgan fingerprint density at radius 1 is 1.42 bits per heavy atom. The predicted molar refractivity (Wildman–Crippen MR) is 46.8 cm³/mol. The van der Waals surface area contributed by atoms with Crippen LogP contribution < -0.4 is 5.73 Å². The molecule has 0 aromatic carbocycles. The highest BCUT2D eigenvalue weighted by Gasteiger charge is 2.29. The molecule has 0 aromatic heterocycles. The van der Waals surface area contributed by atoms with E-state index in [0.717, 1.165) is 6.42 Å². The topological polar surface area (TPSA) is 66.6 Å². The molecule has 0 saturated carbocycles. The minimum atomic E-state index is -3.18. The van der Waals surface area contributed by atoms with Gasteiger partial charge in [-0.15, -0.1) is 0 Å². The fraction of sp³-hybridized carbons (Fsp3) is 1.00. The monoisotopic (exact) mass is 193 g/mol. The third-order valence-electron chi connectivity index (χ3n) is 1.98. The molecule has 1 heterocycles. The molecular formula is C6H15N3O2S. The summed E-state index contributed by atoms with van der Waals surface area (Å²) in [6.07, 6.45) is 0.885. The number of rotatable bonds is 2.